The third kappa shape index (κ3) is 7.43. The summed E-state index contributed by atoms with van der Waals surface area (Å²) in [6, 6.07) is 12.4. The third-order valence-corrected chi connectivity index (χ3v) is 5.08. The molecule has 2 atom stereocenters. The molecule has 168 valence electrons. The van der Waals surface area contributed by atoms with Crippen molar-refractivity contribution in [2.24, 2.45) is 10.9 Å². The van der Waals surface area contributed by atoms with E-state index in [2.05, 4.69) is 40.7 Å². The molecule has 2 aromatic carbocycles. The van der Waals surface area contributed by atoms with E-state index in [0.717, 1.165) is 36.5 Å². The molecular formula is C24H32FN3O3. The molecule has 0 saturated carbocycles. The molecule has 0 bridgehead atoms. The van der Waals surface area contributed by atoms with E-state index in [9.17, 15) is 4.39 Å². The number of benzene rings is 2. The zero-order valence-electron chi connectivity index (χ0n) is 18.5. The Kier molecular flexibility index (Phi) is 8.53. The number of hydrogen-bond acceptors (Lipinski definition) is 4. The summed E-state index contributed by atoms with van der Waals surface area (Å²) >= 11 is 0. The van der Waals surface area contributed by atoms with E-state index >= 15 is 0 Å². The molecule has 6 nitrogen and oxygen atoms in total. The van der Waals surface area contributed by atoms with E-state index in [1.807, 2.05) is 6.92 Å². The van der Waals surface area contributed by atoms with Crippen LogP contribution in [0.15, 0.2) is 47.5 Å². The maximum atomic E-state index is 13.3. The van der Waals surface area contributed by atoms with Crippen molar-refractivity contribution in [3.05, 3.63) is 59.4 Å². The monoisotopic (exact) mass is 429 g/mol. The molecule has 2 N–H and O–H groups in total. The number of rotatable bonds is 9. The second kappa shape index (κ2) is 11.6. The summed E-state index contributed by atoms with van der Waals surface area (Å²) in [4.78, 5) is 4.27. The van der Waals surface area contributed by atoms with Crippen LogP contribution in [0.3, 0.4) is 0 Å². The van der Waals surface area contributed by atoms with Gasteiger partial charge in [-0.25, -0.2) is 4.39 Å². The van der Waals surface area contributed by atoms with Gasteiger partial charge in [-0.1, -0.05) is 18.2 Å². The van der Waals surface area contributed by atoms with Crippen LogP contribution in [-0.2, 0) is 11.3 Å². The summed E-state index contributed by atoms with van der Waals surface area (Å²) in [6.45, 7) is 7.33. The standard InChI is InChI=1S/C24H32FN3O3/c1-17-7-8-20(23(11-17)30-16-19-9-10-29-15-19)14-28-24(26-3)27-13-18(2)31-22-6-4-5-21(25)12-22/h4-8,11-12,18-19H,9-10,13-16H2,1-3H3,(H2,26,27,28). The Balaban J connectivity index is 1.49. The van der Waals surface area contributed by atoms with Gasteiger partial charge in [0.1, 0.15) is 23.4 Å². The maximum Gasteiger partial charge on any atom is 0.191 e. The van der Waals surface area contributed by atoms with Gasteiger partial charge in [0.15, 0.2) is 5.96 Å². The summed E-state index contributed by atoms with van der Waals surface area (Å²) in [5, 5.41) is 6.57. The Morgan fingerprint density at radius 3 is 2.87 bits per heavy atom. The molecule has 2 unspecified atom stereocenters. The Hall–Kier alpha value is -2.80. The number of ether oxygens (including phenoxy) is 3. The van der Waals surface area contributed by atoms with Gasteiger partial charge in [0, 0.05) is 37.7 Å². The summed E-state index contributed by atoms with van der Waals surface area (Å²) in [6.07, 6.45) is 0.888. The quantitative estimate of drug-likeness (QED) is 0.470. The van der Waals surface area contributed by atoms with Gasteiger partial charge in [0.05, 0.1) is 19.8 Å². The van der Waals surface area contributed by atoms with Crippen LogP contribution >= 0.6 is 0 Å². The molecule has 1 heterocycles. The van der Waals surface area contributed by atoms with Crippen molar-refractivity contribution in [2.75, 3.05) is 33.4 Å². The zero-order chi connectivity index (χ0) is 22.1. The molecule has 3 rings (SSSR count). The number of nitrogens with zero attached hydrogens (tertiary/aromatic N) is 1. The second-order valence-corrected chi connectivity index (χ2v) is 7.84. The largest absolute Gasteiger partial charge is 0.493 e. The lowest BCUT2D eigenvalue weighted by Gasteiger charge is -2.19. The van der Waals surface area contributed by atoms with Crippen LogP contribution in [0, 0.1) is 18.7 Å². The molecule has 0 aliphatic carbocycles. The highest BCUT2D eigenvalue weighted by atomic mass is 19.1. The molecule has 7 heteroatoms. The first-order valence-corrected chi connectivity index (χ1v) is 10.7. The van der Waals surface area contributed by atoms with Gasteiger partial charge in [0.25, 0.3) is 0 Å². The SMILES string of the molecule is CN=C(NCc1ccc(C)cc1OCC1CCOC1)NCC(C)Oc1cccc(F)c1. The molecule has 1 fully saturated rings. The van der Waals surface area contributed by atoms with E-state index in [0.29, 0.717) is 37.3 Å². The highest BCUT2D eigenvalue weighted by molar-refractivity contribution is 5.79. The zero-order valence-corrected chi connectivity index (χ0v) is 18.5. The minimum atomic E-state index is -0.313. The van der Waals surface area contributed by atoms with Crippen molar-refractivity contribution in [3.8, 4) is 11.5 Å². The van der Waals surface area contributed by atoms with Crippen molar-refractivity contribution in [3.63, 3.8) is 0 Å². The van der Waals surface area contributed by atoms with E-state index < -0.39 is 0 Å². The molecule has 0 amide bonds. The van der Waals surface area contributed by atoms with Crippen molar-refractivity contribution in [1.82, 2.24) is 10.6 Å². The number of guanidine groups is 1. The summed E-state index contributed by atoms with van der Waals surface area (Å²) in [5.41, 5.74) is 2.23. The lowest BCUT2D eigenvalue weighted by Crippen LogP contribution is -2.41. The fourth-order valence-electron chi connectivity index (χ4n) is 3.32. The number of nitrogens with one attached hydrogen (secondary N) is 2. The highest BCUT2D eigenvalue weighted by Gasteiger charge is 2.17. The van der Waals surface area contributed by atoms with Gasteiger partial charge < -0.3 is 24.8 Å². The van der Waals surface area contributed by atoms with Crippen LogP contribution in [0.25, 0.3) is 0 Å². The summed E-state index contributed by atoms with van der Waals surface area (Å²) in [7, 11) is 1.72. The van der Waals surface area contributed by atoms with Gasteiger partial charge in [0.2, 0.25) is 0 Å². The Morgan fingerprint density at radius 1 is 1.26 bits per heavy atom. The Bertz CT molecular complexity index is 869. The number of aliphatic imine (C=N–C) groups is 1. The smallest absolute Gasteiger partial charge is 0.191 e. The van der Waals surface area contributed by atoms with Crippen LogP contribution in [-0.4, -0.2) is 45.5 Å². The minimum Gasteiger partial charge on any atom is -0.493 e. The average molecular weight is 430 g/mol. The normalized spacial score (nSPS) is 17.3. The predicted octanol–water partition coefficient (Wildman–Crippen LogP) is 3.68. The fourth-order valence-corrected chi connectivity index (χ4v) is 3.32. The fraction of sp³-hybridized carbons (Fsp3) is 0.458. The Labute approximate surface area is 183 Å². The van der Waals surface area contributed by atoms with Gasteiger partial charge in [-0.15, -0.1) is 0 Å². The molecule has 0 aromatic heterocycles. The van der Waals surface area contributed by atoms with E-state index in [-0.39, 0.29) is 11.9 Å². The molecule has 1 aliphatic rings. The van der Waals surface area contributed by atoms with E-state index in [4.69, 9.17) is 14.2 Å². The highest BCUT2D eigenvalue weighted by Crippen LogP contribution is 2.22. The molecule has 1 saturated heterocycles. The van der Waals surface area contributed by atoms with Gasteiger partial charge in [-0.2, -0.15) is 0 Å². The van der Waals surface area contributed by atoms with E-state index in [1.54, 1.807) is 19.2 Å². The predicted molar refractivity (Wildman–Crippen MR) is 120 cm³/mol. The van der Waals surface area contributed by atoms with E-state index in [1.165, 1.54) is 12.1 Å². The third-order valence-electron chi connectivity index (χ3n) is 5.08. The number of aryl methyl sites for hydroxylation is 1. The van der Waals surface area contributed by atoms with Crippen molar-refractivity contribution < 1.29 is 18.6 Å². The first kappa shape index (κ1) is 22.9. The van der Waals surface area contributed by atoms with Crippen molar-refractivity contribution in [1.29, 1.82) is 0 Å². The molecule has 1 aliphatic heterocycles. The maximum absolute atomic E-state index is 13.3. The molecule has 0 spiro atoms. The summed E-state index contributed by atoms with van der Waals surface area (Å²) in [5.74, 6) is 2.19. The van der Waals surface area contributed by atoms with Gasteiger partial charge in [-0.05, 0) is 44.0 Å². The van der Waals surface area contributed by atoms with Crippen molar-refractivity contribution in [2.45, 2.75) is 32.9 Å². The first-order chi connectivity index (χ1) is 15.0. The molecule has 31 heavy (non-hydrogen) atoms. The molecule has 0 radical (unpaired) electrons. The minimum absolute atomic E-state index is 0.160. The first-order valence-electron chi connectivity index (χ1n) is 10.7. The number of hydrogen-bond donors (Lipinski definition) is 2. The number of halogens is 1. The molecular weight excluding hydrogens is 397 g/mol. The van der Waals surface area contributed by atoms with Gasteiger partial charge >= 0.3 is 0 Å². The van der Waals surface area contributed by atoms with Crippen LogP contribution in [0.4, 0.5) is 4.39 Å². The van der Waals surface area contributed by atoms with Crippen LogP contribution in [0.1, 0.15) is 24.5 Å². The van der Waals surface area contributed by atoms with Crippen molar-refractivity contribution >= 4 is 5.96 Å². The Morgan fingerprint density at radius 2 is 2.13 bits per heavy atom. The van der Waals surface area contributed by atoms with Crippen LogP contribution in [0.5, 0.6) is 11.5 Å². The molecule has 2 aromatic rings. The van der Waals surface area contributed by atoms with Crippen LogP contribution < -0.4 is 20.1 Å². The topological polar surface area (TPSA) is 64.1 Å². The lowest BCUT2D eigenvalue weighted by molar-refractivity contribution is 0.166. The average Bonchev–Trinajstić information content (AvgIpc) is 3.27. The second-order valence-electron chi connectivity index (χ2n) is 7.84. The lowest BCUT2D eigenvalue weighted by atomic mass is 10.1. The summed E-state index contributed by atoms with van der Waals surface area (Å²) < 4.78 is 30.6. The van der Waals surface area contributed by atoms with Crippen LogP contribution in [0.2, 0.25) is 0 Å². The van der Waals surface area contributed by atoms with Gasteiger partial charge in [-0.3, -0.25) is 4.99 Å².